The van der Waals surface area contributed by atoms with Crippen molar-refractivity contribution in [1.82, 2.24) is 0 Å². The summed E-state index contributed by atoms with van der Waals surface area (Å²) in [6, 6.07) is 13.9. The van der Waals surface area contributed by atoms with Gasteiger partial charge >= 0.3 is 5.63 Å². The smallest absolute Gasteiger partial charge is 0.336 e. The molecule has 3 rings (SSSR count). The third kappa shape index (κ3) is 2.50. The molecule has 0 aliphatic carbocycles. The summed E-state index contributed by atoms with van der Waals surface area (Å²) in [5.41, 5.74) is 3.46. The van der Waals surface area contributed by atoms with Crippen molar-refractivity contribution in [3.63, 3.8) is 0 Å². The second kappa shape index (κ2) is 5.02. The summed E-state index contributed by atoms with van der Waals surface area (Å²) in [6.07, 6.45) is 0. The van der Waals surface area contributed by atoms with Crippen LogP contribution in [0.15, 0.2) is 57.7 Å². The van der Waals surface area contributed by atoms with Gasteiger partial charge in [-0.2, -0.15) is 0 Å². The van der Waals surface area contributed by atoms with E-state index in [9.17, 15) is 9.59 Å². The standard InChI is InChI=1S/C18H14O3/c1-11-3-6-15(12(2)9-11)18(20)14-4-7-16-13(10-14)5-8-17(19)21-16/h3-10H,1-2H3. The summed E-state index contributed by atoms with van der Waals surface area (Å²) in [5.74, 6) is -0.0272. The molecule has 0 unspecified atom stereocenters. The van der Waals surface area contributed by atoms with E-state index in [4.69, 9.17) is 4.42 Å². The van der Waals surface area contributed by atoms with Crippen LogP contribution in [0.4, 0.5) is 0 Å². The summed E-state index contributed by atoms with van der Waals surface area (Å²) >= 11 is 0. The molecule has 21 heavy (non-hydrogen) atoms. The van der Waals surface area contributed by atoms with E-state index in [1.807, 2.05) is 32.0 Å². The molecule has 0 aliphatic rings. The Kier molecular flexibility index (Phi) is 3.18. The van der Waals surface area contributed by atoms with E-state index in [0.29, 0.717) is 16.7 Å². The molecule has 0 fully saturated rings. The number of hydrogen-bond acceptors (Lipinski definition) is 3. The molecule has 0 N–H and O–H groups in total. The van der Waals surface area contributed by atoms with E-state index in [0.717, 1.165) is 16.5 Å². The lowest BCUT2D eigenvalue weighted by Gasteiger charge is -2.07. The van der Waals surface area contributed by atoms with Gasteiger partial charge in [0.1, 0.15) is 5.58 Å². The van der Waals surface area contributed by atoms with Gasteiger partial charge in [0, 0.05) is 22.6 Å². The van der Waals surface area contributed by atoms with Crippen LogP contribution in [0.3, 0.4) is 0 Å². The Balaban J connectivity index is 2.09. The topological polar surface area (TPSA) is 47.3 Å². The van der Waals surface area contributed by atoms with Crippen LogP contribution in [-0.2, 0) is 0 Å². The quantitative estimate of drug-likeness (QED) is 0.531. The van der Waals surface area contributed by atoms with Crippen molar-refractivity contribution in [2.45, 2.75) is 13.8 Å². The van der Waals surface area contributed by atoms with E-state index in [1.165, 1.54) is 6.07 Å². The fourth-order valence-corrected chi connectivity index (χ4v) is 2.44. The fraction of sp³-hybridized carbons (Fsp3) is 0.111. The largest absolute Gasteiger partial charge is 0.423 e. The summed E-state index contributed by atoms with van der Waals surface area (Å²) in [5, 5.41) is 0.741. The molecule has 0 saturated heterocycles. The monoisotopic (exact) mass is 278 g/mol. The van der Waals surface area contributed by atoms with Crippen LogP contribution in [0, 0.1) is 13.8 Å². The molecular weight excluding hydrogens is 264 g/mol. The zero-order valence-electron chi connectivity index (χ0n) is 11.8. The number of hydrogen-bond donors (Lipinski definition) is 0. The predicted molar refractivity (Wildman–Crippen MR) is 81.8 cm³/mol. The van der Waals surface area contributed by atoms with Crippen molar-refractivity contribution in [2.24, 2.45) is 0 Å². The zero-order valence-corrected chi connectivity index (χ0v) is 11.8. The molecule has 0 spiro atoms. The first-order chi connectivity index (χ1) is 10.0. The minimum atomic E-state index is -0.393. The molecule has 0 radical (unpaired) electrons. The molecule has 2 aromatic carbocycles. The van der Waals surface area contributed by atoms with Gasteiger partial charge in [-0.3, -0.25) is 4.79 Å². The van der Waals surface area contributed by atoms with E-state index in [1.54, 1.807) is 24.3 Å². The Morgan fingerprint density at radius 3 is 2.52 bits per heavy atom. The Morgan fingerprint density at radius 1 is 0.952 bits per heavy atom. The maximum absolute atomic E-state index is 12.6. The van der Waals surface area contributed by atoms with Gasteiger partial charge in [-0.05, 0) is 43.7 Å². The second-order valence-electron chi connectivity index (χ2n) is 5.15. The average molecular weight is 278 g/mol. The lowest BCUT2D eigenvalue weighted by molar-refractivity contribution is 0.103. The highest BCUT2D eigenvalue weighted by molar-refractivity contribution is 6.11. The van der Waals surface area contributed by atoms with Crippen LogP contribution in [0.2, 0.25) is 0 Å². The highest BCUT2D eigenvalue weighted by atomic mass is 16.4. The van der Waals surface area contributed by atoms with E-state index in [-0.39, 0.29) is 5.78 Å². The third-order valence-corrected chi connectivity index (χ3v) is 3.51. The van der Waals surface area contributed by atoms with Crippen LogP contribution >= 0.6 is 0 Å². The molecule has 0 amide bonds. The lowest BCUT2D eigenvalue weighted by atomic mass is 9.97. The molecule has 3 aromatic rings. The number of carbonyl (C=O) groups excluding carboxylic acids is 1. The second-order valence-corrected chi connectivity index (χ2v) is 5.15. The van der Waals surface area contributed by atoms with Crippen LogP contribution < -0.4 is 5.63 Å². The summed E-state index contributed by atoms with van der Waals surface area (Å²) in [4.78, 5) is 23.8. The minimum Gasteiger partial charge on any atom is -0.423 e. The van der Waals surface area contributed by atoms with Crippen LogP contribution in [-0.4, -0.2) is 5.78 Å². The SMILES string of the molecule is Cc1ccc(C(=O)c2ccc3oc(=O)ccc3c2)c(C)c1. The zero-order chi connectivity index (χ0) is 15.0. The van der Waals surface area contributed by atoms with Gasteiger partial charge < -0.3 is 4.42 Å². The molecule has 1 aromatic heterocycles. The molecule has 0 saturated carbocycles. The Hall–Kier alpha value is -2.68. The van der Waals surface area contributed by atoms with Gasteiger partial charge in [-0.25, -0.2) is 4.79 Å². The first-order valence-corrected chi connectivity index (χ1v) is 6.70. The van der Waals surface area contributed by atoms with Gasteiger partial charge in [0.25, 0.3) is 0 Å². The maximum Gasteiger partial charge on any atom is 0.336 e. The maximum atomic E-state index is 12.6. The number of aryl methyl sites for hydroxylation is 2. The number of fused-ring (bicyclic) bond motifs is 1. The van der Waals surface area contributed by atoms with E-state index in [2.05, 4.69) is 0 Å². The Labute approximate surface area is 121 Å². The molecule has 0 atom stereocenters. The number of ketones is 1. The Morgan fingerprint density at radius 2 is 1.76 bits per heavy atom. The lowest BCUT2D eigenvalue weighted by Crippen LogP contribution is -2.04. The first kappa shape index (κ1) is 13.3. The van der Waals surface area contributed by atoms with E-state index >= 15 is 0 Å². The van der Waals surface area contributed by atoms with Crippen molar-refractivity contribution >= 4 is 16.8 Å². The highest BCUT2D eigenvalue weighted by Gasteiger charge is 2.12. The van der Waals surface area contributed by atoms with Crippen molar-refractivity contribution in [2.75, 3.05) is 0 Å². The van der Waals surface area contributed by atoms with E-state index < -0.39 is 5.63 Å². The van der Waals surface area contributed by atoms with Crippen molar-refractivity contribution in [3.8, 4) is 0 Å². The summed E-state index contributed by atoms with van der Waals surface area (Å²) in [7, 11) is 0. The van der Waals surface area contributed by atoms with Crippen molar-refractivity contribution in [1.29, 1.82) is 0 Å². The van der Waals surface area contributed by atoms with Gasteiger partial charge in [0.15, 0.2) is 5.78 Å². The average Bonchev–Trinajstić information content (AvgIpc) is 2.46. The van der Waals surface area contributed by atoms with Crippen LogP contribution in [0.1, 0.15) is 27.0 Å². The highest BCUT2D eigenvalue weighted by Crippen LogP contribution is 2.19. The Bertz CT molecular complexity index is 904. The van der Waals surface area contributed by atoms with Crippen LogP contribution in [0.5, 0.6) is 0 Å². The molecule has 0 bridgehead atoms. The van der Waals surface area contributed by atoms with Gasteiger partial charge in [-0.1, -0.05) is 23.8 Å². The first-order valence-electron chi connectivity index (χ1n) is 6.70. The molecule has 0 aliphatic heterocycles. The molecule has 3 nitrogen and oxygen atoms in total. The predicted octanol–water partition coefficient (Wildman–Crippen LogP) is 3.64. The molecule has 1 heterocycles. The fourth-order valence-electron chi connectivity index (χ4n) is 2.44. The van der Waals surface area contributed by atoms with Crippen molar-refractivity contribution < 1.29 is 9.21 Å². The van der Waals surface area contributed by atoms with Gasteiger partial charge in [0.05, 0.1) is 0 Å². The molecule has 3 heteroatoms. The minimum absolute atomic E-state index is 0.0272. The summed E-state index contributed by atoms with van der Waals surface area (Å²) in [6.45, 7) is 3.93. The number of benzene rings is 2. The molecule has 104 valence electrons. The third-order valence-electron chi connectivity index (χ3n) is 3.51. The number of rotatable bonds is 2. The normalized spacial score (nSPS) is 10.8. The summed E-state index contributed by atoms with van der Waals surface area (Å²) < 4.78 is 5.07. The van der Waals surface area contributed by atoms with Gasteiger partial charge in [0.2, 0.25) is 0 Å². The van der Waals surface area contributed by atoms with Gasteiger partial charge in [-0.15, -0.1) is 0 Å². The van der Waals surface area contributed by atoms with Crippen LogP contribution in [0.25, 0.3) is 11.0 Å². The van der Waals surface area contributed by atoms with Crippen molar-refractivity contribution in [3.05, 3.63) is 81.2 Å². The molecular formula is C18H14O3. The number of carbonyl (C=O) groups is 1.